The van der Waals surface area contributed by atoms with E-state index in [1.807, 2.05) is 6.92 Å². The molecule has 0 atom stereocenters. The van der Waals surface area contributed by atoms with Crippen LogP contribution in [-0.4, -0.2) is 42.2 Å². The Morgan fingerprint density at radius 1 is 0.895 bits per heavy atom. The van der Waals surface area contributed by atoms with Crippen molar-refractivity contribution in [2.45, 2.75) is 19.8 Å². The van der Waals surface area contributed by atoms with E-state index in [9.17, 15) is 19.1 Å². The molecule has 3 aromatic carbocycles. The van der Waals surface area contributed by atoms with E-state index in [2.05, 4.69) is 18.7 Å². The molecule has 5 aromatic rings. The van der Waals surface area contributed by atoms with Gasteiger partial charge in [0, 0.05) is 30.0 Å². The van der Waals surface area contributed by atoms with Gasteiger partial charge < -0.3 is 9.84 Å². The number of carboxylic acid groups (broad SMARTS) is 1. The van der Waals surface area contributed by atoms with Crippen LogP contribution in [-0.2, 0) is 11.2 Å². The van der Waals surface area contributed by atoms with Crippen molar-refractivity contribution < 1.29 is 23.8 Å². The normalized spacial score (nSPS) is 11.9. The van der Waals surface area contributed by atoms with Crippen LogP contribution in [0.15, 0.2) is 72.6 Å². The summed E-state index contributed by atoms with van der Waals surface area (Å²) in [5.41, 5.74) is 3.16. The van der Waals surface area contributed by atoms with Gasteiger partial charge in [-0.05, 0) is 60.0 Å². The number of ketones is 1. The van der Waals surface area contributed by atoms with Gasteiger partial charge in [0.2, 0.25) is 0 Å². The van der Waals surface area contributed by atoms with Crippen LogP contribution in [0.2, 0.25) is 0 Å². The van der Waals surface area contributed by atoms with Crippen molar-refractivity contribution in [3.63, 3.8) is 0 Å². The lowest BCUT2D eigenvalue weighted by molar-refractivity contribution is -0.130. The maximum Gasteiger partial charge on any atom is 0.336 e. The number of hydrogen-bond acceptors (Lipinski definition) is 8. The fraction of sp³-hybridized carbons (Fsp3) is 0.143. The van der Waals surface area contributed by atoms with Crippen LogP contribution < -0.4 is 4.74 Å². The predicted molar refractivity (Wildman–Crippen MR) is 142 cm³/mol. The van der Waals surface area contributed by atoms with E-state index >= 15 is 0 Å². The quantitative estimate of drug-likeness (QED) is 0.196. The third-order valence-corrected chi connectivity index (χ3v) is 6.46. The lowest BCUT2D eigenvalue weighted by atomic mass is 9.89. The number of ether oxygens (including phenoxy) is 1. The van der Waals surface area contributed by atoms with Crippen molar-refractivity contribution >= 4 is 51.1 Å². The van der Waals surface area contributed by atoms with Crippen LogP contribution >= 0.6 is 11.7 Å². The smallest absolute Gasteiger partial charge is 0.336 e. The Kier molecular flexibility index (Phi) is 7.14. The number of carboxylic acids is 1. The molecule has 0 aliphatic heterocycles. The minimum absolute atomic E-state index is 0.00935. The molecule has 190 valence electrons. The average Bonchev–Trinajstić information content (AvgIpc) is 3.39. The second-order valence-corrected chi connectivity index (χ2v) is 9.03. The van der Waals surface area contributed by atoms with Crippen LogP contribution in [0, 0.1) is 5.82 Å². The third kappa shape index (κ3) is 5.12. The minimum Gasteiger partial charge on any atom is -0.491 e. The van der Waals surface area contributed by atoms with Gasteiger partial charge in [-0.15, -0.1) is 0 Å². The molecule has 0 saturated heterocycles. The topological polar surface area (TPSA) is 115 Å². The van der Waals surface area contributed by atoms with Gasteiger partial charge in [0.25, 0.3) is 0 Å². The zero-order valence-electron chi connectivity index (χ0n) is 20.2. The summed E-state index contributed by atoms with van der Waals surface area (Å²) >= 11 is 1.01. The van der Waals surface area contributed by atoms with Gasteiger partial charge in [-0.1, -0.05) is 19.1 Å². The lowest BCUT2D eigenvalue weighted by Crippen LogP contribution is -2.14. The monoisotopic (exact) mass is 528 g/mol. The summed E-state index contributed by atoms with van der Waals surface area (Å²) in [6, 6.07) is 14.0. The summed E-state index contributed by atoms with van der Waals surface area (Å²) in [7, 11) is 0. The number of aliphatic carboxylic acids is 1. The van der Waals surface area contributed by atoms with Crippen LogP contribution in [0.5, 0.6) is 5.75 Å². The first-order valence-electron chi connectivity index (χ1n) is 11.8. The Bertz CT molecular complexity index is 1720. The van der Waals surface area contributed by atoms with Gasteiger partial charge in [-0.3, -0.25) is 14.8 Å². The summed E-state index contributed by atoms with van der Waals surface area (Å²) in [5.74, 6) is -2.57. The Balaban J connectivity index is 1.65. The fourth-order valence-corrected chi connectivity index (χ4v) is 4.63. The second kappa shape index (κ2) is 10.8. The molecule has 0 aliphatic rings. The maximum absolute atomic E-state index is 14.8. The van der Waals surface area contributed by atoms with Crippen LogP contribution in [0.4, 0.5) is 4.39 Å². The van der Waals surface area contributed by atoms with Crippen molar-refractivity contribution in [1.82, 2.24) is 18.7 Å². The summed E-state index contributed by atoms with van der Waals surface area (Å²) in [5, 5.41) is 10.3. The lowest BCUT2D eigenvalue weighted by Gasteiger charge is -2.14. The summed E-state index contributed by atoms with van der Waals surface area (Å²) in [6.45, 7) is 2.23. The molecule has 38 heavy (non-hydrogen) atoms. The van der Waals surface area contributed by atoms with Gasteiger partial charge in [0.05, 0.1) is 34.9 Å². The number of Topliss-reactive ketones (excluding diaryl/α,β-unsaturated/α-hetero) is 1. The van der Waals surface area contributed by atoms with E-state index in [4.69, 9.17) is 4.74 Å². The molecular weight excluding hydrogens is 507 g/mol. The summed E-state index contributed by atoms with van der Waals surface area (Å²) in [4.78, 5) is 35.0. The van der Waals surface area contributed by atoms with Gasteiger partial charge in [0.1, 0.15) is 11.0 Å². The number of aromatic nitrogens is 4. The molecule has 0 unspecified atom stereocenters. The minimum atomic E-state index is -1.29. The number of allylic oxidation sites excluding steroid dienone is 1. The zero-order valence-corrected chi connectivity index (χ0v) is 21.0. The largest absolute Gasteiger partial charge is 0.491 e. The Morgan fingerprint density at radius 2 is 1.63 bits per heavy atom. The Labute approximate surface area is 220 Å². The molecule has 0 radical (unpaired) electrons. The highest BCUT2D eigenvalue weighted by molar-refractivity contribution is 7.00. The van der Waals surface area contributed by atoms with E-state index in [0.717, 1.165) is 17.8 Å². The van der Waals surface area contributed by atoms with E-state index in [0.29, 0.717) is 46.2 Å². The van der Waals surface area contributed by atoms with Crippen molar-refractivity contribution in [2.24, 2.45) is 0 Å². The molecule has 5 rings (SSSR count). The number of fused-ring (bicyclic) bond motifs is 2. The molecule has 1 N–H and O–H groups in total. The first-order chi connectivity index (χ1) is 18.4. The van der Waals surface area contributed by atoms with Crippen LogP contribution in [0.3, 0.4) is 0 Å². The SMILES string of the molecule is CCCOc1ccc(C(=O)C(Cc2ccc3nccnc3c2)=C(C(=O)O)c2ccc3nsnc3c2)cc1F. The molecular formula is C28H21FN4O4S. The highest BCUT2D eigenvalue weighted by Gasteiger charge is 2.25. The highest BCUT2D eigenvalue weighted by atomic mass is 32.1. The molecule has 0 spiro atoms. The average molecular weight is 529 g/mol. The van der Waals surface area contributed by atoms with Crippen molar-refractivity contribution in [3.05, 3.63) is 95.1 Å². The Hall–Kier alpha value is -4.57. The number of nitrogens with zero attached hydrogens (tertiary/aromatic N) is 4. The number of benzene rings is 3. The molecule has 0 bridgehead atoms. The van der Waals surface area contributed by atoms with Crippen molar-refractivity contribution in [2.75, 3.05) is 6.61 Å². The van der Waals surface area contributed by atoms with E-state index < -0.39 is 17.6 Å². The zero-order chi connectivity index (χ0) is 26.6. The van der Waals surface area contributed by atoms with Gasteiger partial charge in [-0.25, -0.2) is 9.18 Å². The molecule has 2 aromatic heterocycles. The first kappa shape index (κ1) is 25.1. The molecule has 2 heterocycles. The third-order valence-electron chi connectivity index (χ3n) is 5.90. The van der Waals surface area contributed by atoms with Crippen LogP contribution in [0.1, 0.15) is 34.8 Å². The van der Waals surface area contributed by atoms with Gasteiger partial charge >= 0.3 is 5.97 Å². The molecule has 0 aliphatic carbocycles. The fourth-order valence-electron chi connectivity index (χ4n) is 4.11. The predicted octanol–water partition coefficient (Wildman–Crippen LogP) is 5.53. The van der Waals surface area contributed by atoms with E-state index in [1.165, 1.54) is 12.1 Å². The summed E-state index contributed by atoms with van der Waals surface area (Å²) < 4.78 is 28.5. The number of rotatable bonds is 9. The van der Waals surface area contributed by atoms with Crippen LogP contribution in [0.25, 0.3) is 27.6 Å². The highest BCUT2D eigenvalue weighted by Crippen LogP contribution is 2.29. The second-order valence-electron chi connectivity index (χ2n) is 8.51. The molecule has 0 saturated carbocycles. The molecule has 10 heteroatoms. The standard InChI is InChI=1S/C28H21FN4O4S/c1-2-11-37-25-8-5-18(14-20(25)29)27(34)19(12-16-3-6-21-23(13-16)31-10-9-30-21)26(28(35)36)17-4-7-22-24(15-17)33-38-32-22/h3-10,13-15H,2,11-12H2,1H3,(H,35,36). The van der Waals surface area contributed by atoms with Gasteiger partial charge in [0.15, 0.2) is 17.3 Å². The van der Waals surface area contributed by atoms with Crippen molar-refractivity contribution in [1.29, 1.82) is 0 Å². The summed E-state index contributed by atoms with van der Waals surface area (Å²) in [6.07, 6.45) is 3.80. The number of hydrogen-bond donors (Lipinski definition) is 1. The number of carbonyl (C=O) groups excluding carboxylic acids is 1. The van der Waals surface area contributed by atoms with Gasteiger partial charge in [-0.2, -0.15) is 8.75 Å². The molecule has 0 amide bonds. The Morgan fingerprint density at radius 3 is 2.39 bits per heavy atom. The molecule has 0 fully saturated rings. The number of halogens is 1. The van der Waals surface area contributed by atoms with E-state index in [1.54, 1.807) is 48.8 Å². The number of carbonyl (C=O) groups is 2. The van der Waals surface area contributed by atoms with Crippen molar-refractivity contribution in [3.8, 4) is 5.75 Å². The first-order valence-corrected chi connectivity index (χ1v) is 12.5. The van der Waals surface area contributed by atoms with E-state index in [-0.39, 0.29) is 28.9 Å². The maximum atomic E-state index is 14.8. The molecule has 8 nitrogen and oxygen atoms in total.